The molecule has 104 valence electrons. The first-order valence-corrected chi connectivity index (χ1v) is 6.84. The van der Waals surface area contributed by atoms with Crippen molar-refractivity contribution < 1.29 is 9.90 Å². The summed E-state index contributed by atoms with van der Waals surface area (Å²) in [6, 6.07) is 7.44. The van der Waals surface area contributed by atoms with Crippen LogP contribution in [0.4, 0.5) is 0 Å². The van der Waals surface area contributed by atoms with Crippen LogP contribution in [0.5, 0.6) is 0 Å². The smallest absolute Gasteiger partial charge is 0.324 e. The summed E-state index contributed by atoms with van der Waals surface area (Å²) in [6.07, 6.45) is 0.419. The summed E-state index contributed by atoms with van der Waals surface area (Å²) in [5, 5.41) is 13.5. The third kappa shape index (κ3) is 3.08. The van der Waals surface area contributed by atoms with E-state index in [1.165, 1.54) is 0 Å². The number of carboxylic acids is 1. The van der Waals surface area contributed by atoms with Gasteiger partial charge < -0.3 is 10.4 Å². The van der Waals surface area contributed by atoms with E-state index in [-0.39, 0.29) is 0 Å². The van der Waals surface area contributed by atoms with Crippen LogP contribution >= 0.6 is 11.6 Å². The Morgan fingerprint density at radius 3 is 2.63 bits per heavy atom. The number of carbonyl (C=O) groups is 1. The lowest BCUT2D eigenvalue weighted by atomic mass is 9.90. The fourth-order valence-electron chi connectivity index (χ4n) is 2.49. The van der Waals surface area contributed by atoms with Crippen LogP contribution in [0.2, 0.25) is 5.02 Å². The number of piperazine rings is 1. The molecule has 1 saturated heterocycles. The van der Waals surface area contributed by atoms with E-state index in [1.54, 1.807) is 13.0 Å². The van der Waals surface area contributed by atoms with Gasteiger partial charge in [-0.05, 0) is 18.6 Å². The molecule has 1 aromatic carbocycles. The van der Waals surface area contributed by atoms with Crippen LogP contribution in [-0.2, 0) is 11.2 Å². The van der Waals surface area contributed by atoms with E-state index in [9.17, 15) is 9.90 Å². The fraction of sp³-hybridized carbons (Fsp3) is 0.500. The Kier molecular flexibility index (Phi) is 4.45. The normalized spacial score (nSPS) is 19.9. The highest BCUT2D eigenvalue weighted by Crippen LogP contribution is 2.26. The molecule has 1 aliphatic heterocycles. The van der Waals surface area contributed by atoms with E-state index in [0.29, 0.717) is 11.4 Å². The molecule has 0 spiro atoms. The third-order valence-electron chi connectivity index (χ3n) is 3.77. The highest BCUT2D eigenvalue weighted by molar-refractivity contribution is 6.31. The predicted molar refractivity (Wildman–Crippen MR) is 75.6 cm³/mol. The molecule has 5 heteroatoms. The van der Waals surface area contributed by atoms with Gasteiger partial charge in [-0.25, -0.2) is 0 Å². The van der Waals surface area contributed by atoms with E-state index >= 15 is 0 Å². The second kappa shape index (κ2) is 5.90. The lowest BCUT2D eigenvalue weighted by Gasteiger charge is -2.40. The molecular weight excluding hydrogens is 264 g/mol. The van der Waals surface area contributed by atoms with E-state index in [4.69, 9.17) is 11.6 Å². The third-order valence-corrected chi connectivity index (χ3v) is 4.14. The lowest BCUT2D eigenvalue weighted by molar-refractivity contribution is -0.151. The zero-order chi connectivity index (χ0) is 13.9. The molecule has 1 fully saturated rings. The summed E-state index contributed by atoms with van der Waals surface area (Å²) in [6.45, 7) is 4.92. The van der Waals surface area contributed by atoms with Gasteiger partial charge in [0.05, 0.1) is 0 Å². The molecule has 0 saturated carbocycles. The lowest BCUT2D eigenvalue weighted by Crippen LogP contribution is -2.59. The molecule has 0 amide bonds. The Morgan fingerprint density at radius 2 is 2.05 bits per heavy atom. The standard InChI is InChI=1S/C14H19ClN2O2/c1-14(13(18)19,17-8-6-16-7-9-17)10-11-4-2-3-5-12(11)15/h2-5,16H,6-10H2,1H3,(H,18,19). The van der Waals surface area contributed by atoms with Crippen LogP contribution in [0.3, 0.4) is 0 Å². The highest BCUT2D eigenvalue weighted by atomic mass is 35.5. The average Bonchev–Trinajstić information content (AvgIpc) is 2.42. The van der Waals surface area contributed by atoms with Crippen molar-refractivity contribution in [2.45, 2.75) is 18.9 Å². The molecule has 1 atom stereocenters. The van der Waals surface area contributed by atoms with Crippen LogP contribution in [0.25, 0.3) is 0 Å². The second-order valence-corrected chi connectivity index (χ2v) is 5.49. The predicted octanol–water partition coefficient (Wildman–Crippen LogP) is 1.63. The highest BCUT2D eigenvalue weighted by Gasteiger charge is 2.40. The maximum atomic E-state index is 11.7. The van der Waals surface area contributed by atoms with Crippen LogP contribution in [0.1, 0.15) is 12.5 Å². The van der Waals surface area contributed by atoms with E-state index in [0.717, 1.165) is 31.7 Å². The van der Waals surface area contributed by atoms with Gasteiger partial charge in [0, 0.05) is 37.6 Å². The van der Waals surface area contributed by atoms with Gasteiger partial charge in [-0.2, -0.15) is 0 Å². The molecule has 1 aliphatic rings. The first kappa shape index (κ1) is 14.3. The van der Waals surface area contributed by atoms with Crippen molar-refractivity contribution in [2.24, 2.45) is 0 Å². The average molecular weight is 283 g/mol. The Bertz CT molecular complexity index is 461. The minimum Gasteiger partial charge on any atom is -0.480 e. The number of hydrogen-bond acceptors (Lipinski definition) is 3. The number of nitrogens with zero attached hydrogens (tertiary/aromatic N) is 1. The number of carboxylic acid groups (broad SMARTS) is 1. The van der Waals surface area contributed by atoms with Crippen molar-refractivity contribution in [3.8, 4) is 0 Å². The number of aliphatic carboxylic acids is 1. The van der Waals surface area contributed by atoms with Gasteiger partial charge in [-0.3, -0.25) is 9.69 Å². The zero-order valence-electron chi connectivity index (χ0n) is 11.0. The number of benzene rings is 1. The minimum absolute atomic E-state index is 0.419. The molecule has 0 aliphatic carbocycles. The summed E-state index contributed by atoms with van der Waals surface area (Å²) in [4.78, 5) is 13.8. The zero-order valence-corrected chi connectivity index (χ0v) is 11.8. The van der Waals surface area contributed by atoms with Crippen molar-refractivity contribution >= 4 is 17.6 Å². The molecule has 0 aromatic heterocycles. The Balaban J connectivity index is 2.24. The fourth-order valence-corrected chi connectivity index (χ4v) is 2.70. The van der Waals surface area contributed by atoms with Crippen LogP contribution in [-0.4, -0.2) is 47.7 Å². The quantitative estimate of drug-likeness (QED) is 0.881. The SMILES string of the molecule is CC(Cc1ccccc1Cl)(C(=O)O)N1CCNCC1. The van der Waals surface area contributed by atoms with Crippen molar-refractivity contribution in [1.82, 2.24) is 10.2 Å². The second-order valence-electron chi connectivity index (χ2n) is 5.08. The van der Waals surface area contributed by atoms with Crippen molar-refractivity contribution in [3.63, 3.8) is 0 Å². The minimum atomic E-state index is -0.910. The van der Waals surface area contributed by atoms with Gasteiger partial charge in [-0.15, -0.1) is 0 Å². The Hall–Kier alpha value is -1.10. The van der Waals surface area contributed by atoms with Gasteiger partial charge in [0.2, 0.25) is 0 Å². The molecule has 1 unspecified atom stereocenters. The van der Waals surface area contributed by atoms with Gasteiger partial charge in [-0.1, -0.05) is 29.8 Å². The van der Waals surface area contributed by atoms with Crippen LogP contribution in [0, 0.1) is 0 Å². The van der Waals surface area contributed by atoms with Crippen molar-refractivity contribution in [2.75, 3.05) is 26.2 Å². The summed E-state index contributed by atoms with van der Waals surface area (Å²) in [5.41, 5.74) is -0.0276. The number of halogens is 1. The molecular formula is C14H19ClN2O2. The Morgan fingerprint density at radius 1 is 1.42 bits per heavy atom. The van der Waals surface area contributed by atoms with Crippen molar-refractivity contribution in [3.05, 3.63) is 34.9 Å². The maximum absolute atomic E-state index is 11.7. The van der Waals surface area contributed by atoms with Crippen LogP contribution in [0.15, 0.2) is 24.3 Å². The number of hydrogen-bond donors (Lipinski definition) is 2. The molecule has 2 N–H and O–H groups in total. The summed E-state index contributed by atoms with van der Waals surface area (Å²) in [5.74, 6) is -0.797. The van der Waals surface area contributed by atoms with Gasteiger partial charge in [0.15, 0.2) is 0 Å². The van der Waals surface area contributed by atoms with Crippen molar-refractivity contribution in [1.29, 1.82) is 0 Å². The van der Waals surface area contributed by atoms with Crippen LogP contribution < -0.4 is 5.32 Å². The molecule has 4 nitrogen and oxygen atoms in total. The number of nitrogens with one attached hydrogen (secondary N) is 1. The Labute approximate surface area is 118 Å². The summed E-state index contributed by atoms with van der Waals surface area (Å²) in [7, 11) is 0. The monoisotopic (exact) mass is 282 g/mol. The molecule has 0 radical (unpaired) electrons. The van der Waals surface area contributed by atoms with E-state index < -0.39 is 11.5 Å². The molecule has 2 rings (SSSR count). The molecule has 1 aromatic rings. The first-order valence-electron chi connectivity index (χ1n) is 6.46. The first-order chi connectivity index (χ1) is 9.04. The van der Waals surface area contributed by atoms with Gasteiger partial charge in [0.25, 0.3) is 0 Å². The van der Waals surface area contributed by atoms with Gasteiger partial charge >= 0.3 is 5.97 Å². The van der Waals surface area contributed by atoms with Gasteiger partial charge in [0.1, 0.15) is 5.54 Å². The van der Waals surface area contributed by atoms with E-state index in [2.05, 4.69) is 5.32 Å². The molecule has 1 heterocycles. The molecule has 0 bridgehead atoms. The topological polar surface area (TPSA) is 52.6 Å². The largest absolute Gasteiger partial charge is 0.480 e. The summed E-state index contributed by atoms with van der Waals surface area (Å²) >= 11 is 6.15. The molecule has 19 heavy (non-hydrogen) atoms. The number of rotatable bonds is 4. The summed E-state index contributed by atoms with van der Waals surface area (Å²) < 4.78 is 0. The maximum Gasteiger partial charge on any atom is 0.324 e. The van der Waals surface area contributed by atoms with E-state index in [1.807, 2.05) is 23.1 Å².